The average Bonchev–Trinajstić information content (AvgIpc) is 3.06. The van der Waals surface area contributed by atoms with Gasteiger partial charge >= 0.3 is 5.97 Å². The summed E-state index contributed by atoms with van der Waals surface area (Å²) in [5.74, 6) is -0.885. The van der Waals surface area contributed by atoms with Gasteiger partial charge in [0.05, 0.1) is 17.7 Å². The second-order valence-corrected chi connectivity index (χ2v) is 6.86. The van der Waals surface area contributed by atoms with E-state index in [0.717, 1.165) is 30.8 Å². The summed E-state index contributed by atoms with van der Waals surface area (Å²) in [6, 6.07) is 6.60. The van der Waals surface area contributed by atoms with Gasteiger partial charge in [0, 0.05) is 24.0 Å². The van der Waals surface area contributed by atoms with Crippen molar-refractivity contribution in [3.05, 3.63) is 29.8 Å². The Hall–Kier alpha value is -2.02. The predicted octanol–water partition coefficient (Wildman–Crippen LogP) is 1.99. The fourth-order valence-corrected chi connectivity index (χ4v) is 3.54. The number of thioether (sulfide) groups is 1. The second-order valence-electron chi connectivity index (χ2n) is 5.85. The molecule has 7 heteroatoms. The molecule has 2 amide bonds. The number of nitrogens with zero attached hydrogens (tertiary/aromatic N) is 1. The van der Waals surface area contributed by atoms with Gasteiger partial charge in [0.2, 0.25) is 5.91 Å². The number of carboxylic acids is 1. The Kier molecular flexibility index (Phi) is 6.66. The molecule has 2 N–H and O–H groups in total. The van der Waals surface area contributed by atoms with Gasteiger partial charge in [-0.1, -0.05) is 12.1 Å². The first-order valence-corrected chi connectivity index (χ1v) is 8.98. The topological polar surface area (TPSA) is 86.7 Å². The van der Waals surface area contributed by atoms with Crippen molar-refractivity contribution >= 4 is 29.5 Å². The third-order valence-corrected chi connectivity index (χ3v) is 4.86. The molecule has 1 aromatic carbocycles. The molecule has 1 unspecified atom stereocenters. The largest absolute Gasteiger partial charge is 0.481 e. The molecule has 6 nitrogen and oxygen atoms in total. The predicted molar refractivity (Wildman–Crippen MR) is 92.2 cm³/mol. The van der Waals surface area contributed by atoms with Gasteiger partial charge in [-0.25, -0.2) is 0 Å². The lowest BCUT2D eigenvalue weighted by Gasteiger charge is -2.16. The van der Waals surface area contributed by atoms with Crippen LogP contribution in [0.2, 0.25) is 0 Å². The molecule has 0 saturated carbocycles. The molecule has 130 valence electrons. The molecular formula is C17H22N2O4S. The monoisotopic (exact) mass is 350 g/mol. The first-order chi connectivity index (χ1) is 11.5. The number of carboxylic acid groups (broad SMARTS) is 1. The van der Waals surface area contributed by atoms with E-state index >= 15 is 0 Å². The van der Waals surface area contributed by atoms with E-state index in [4.69, 9.17) is 5.11 Å². The van der Waals surface area contributed by atoms with Gasteiger partial charge in [0.1, 0.15) is 0 Å². The lowest BCUT2D eigenvalue weighted by molar-refractivity contribution is -0.137. The molecule has 2 rings (SSSR count). The highest BCUT2D eigenvalue weighted by atomic mass is 32.2. The minimum absolute atomic E-state index is 0.0898. The molecular weight excluding hydrogens is 328 g/mol. The Morgan fingerprint density at radius 2 is 1.92 bits per heavy atom. The van der Waals surface area contributed by atoms with Crippen molar-refractivity contribution in [3.8, 4) is 0 Å². The molecule has 1 heterocycles. The highest BCUT2D eigenvalue weighted by Gasteiger charge is 2.20. The van der Waals surface area contributed by atoms with Crippen molar-refractivity contribution in [1.29, 1.82) is 0 Å². The molecule has 1 aromatic rings. The van der Waals surface area contributed by atoms with E-state index < -0.39 is 12.0 Å². The number of likely N-dealkylation sites (tertiary alicyclic amines) is 1. The minimum atomic E-state index is -0.957. The summed E-state index contributed by atoms with van der Waals surface area (Å²) in [6.07, 6.45) is 1.97. The normalized spacial score (nSPS) is 15.1. The van der Waals surface area contributed by atoms with Gasteiger partial charge in [-0.05, 0) is 31.9 Å². The molecule has 0 radical (unpaired) electrons. The standard InChI is InChI=1S/C17H22N2O4S/c1-12(10-16(21)22)18-17(23)13-6-2-3-7-14(13)24-11-15(20)19-8-4-5-9-19/h2-3,6-7,12H,4-5,8-11H2,1H3,(H,18,23)(H,21,22). The van der Waals surface area contributed by atoms with Gasteiger partial charge in [-0.15, -0.1) is 11.8 Å². The molecule has 1 saturated heterocycles. The van der Waals surface area contributed by atoms with Crippen LogP contribution in [0.3, 0.4) is 0 Å². The molecule has 0 spiro atoms. The van der Waals surface area contributed by atoms with E-state index in [1.165, 1.54) is 11.8 Å². The maximum Gasteiger partial charge on any atom is 0.305 e. The van der Waals surface area contributed by atoms with Crippen molar-refractivity contribution in [1.82, 2.24) is 10.2 Å². The number of benzene rings is 1. The maximum atomic E-state index is 12.3. The van der Waals surface area contributed by atoms with Crippen molar-refractivity contribution in [2.75, 3.05) is 18.8 Å². The van der Waals surface area contributed by atoms with Crippen LogP contribution in [0.25, 0.3) is 0 Å². The number of carbonyl (C=O) groups is 3. The van der Waals surface area contributed by atoms with Gasteiger partial charge in [0.25, 0.3) is 5.91 Å². The summed E-state index contributed by atoms with van der Waals surface area (Å²) < 4.78 is 0. The van der Waals surface area contributed by atoms with Crippen LogP contribution in [0, 0.1) is 0 Å². The summed E-state index contributed by atoms with van der Waals surface area (Å²) in [7, 11) is 0. The van der Waals surface area contributed by atoms with E-state index in [1.807, 2.05) is 11.0 Å². The highest BCUT2D eigenvalue weighted by molar-refractivity contribution is 8.00. The van der Waals surface area contributed by atoms with Gasteiger partial charge < -0.3 is 15.3 Å². The Morgan fingerprint density at radius 1 is 1.25 bits per heavy atom. The van der Waals surface area contributed by atoms with Crippen LogP contribution in [0.4, 0.5) is 0 Å². The number of hydrogen-bond acceptors (Lipinski definition) is 4. The quantitative estimate of drug-likeness (QED) is 0.735. The summed E-state index contributed by atoms with van der Waals surface area (Å²) >= 11 is 1.34. The number of hydrogen-bond donors (Lipinski definition) is 2. The number of amides is 2. The first-order valence-electron chi connectivity index (χ1n) is 7.99. The molecule has 0 bridgehead atoms. The summed E-state index contributed by atoms with van der Waals surface area (Å²) in [4.78, 5) is 37.8. The van der Waals surface area contributed by atoms with Crippen LogP contribution in [0.5, 0.6) is 0 Å². The fraction of sp³-hybridized carbons (Fsp3) is 0.471. The third-order valence-electron chi connectivity index (χ3n) is 3.80. The zero-order chi connectivity index (χ0) is 17.5. The number of rotatable bonds is 7. The molecule has 0 aliphatic carbocycles. The Bertz CT molecular complexity index is 614. The molecule has 1 aliphatic rings. The third kappa shape index (κ3) is 5.26. The zero-order valence-corrected chi connectivity index (χ0v) is 14.5. The van der Waals surface area contributed by atoms with E-state index in [0.29, 0.717) is 11.3 Å². The Balaban J connectivity index is 1.97. The van der Waals surface area contributed by atoms with E-state index in [-0.39, 0.29) is 18.2 Å². The van der Waals surface area contributed by atoms with Crippen LogP contribution in [0.1, 0.15) is 36.5 Å². The number of nitrogens with one attached hydrogen (secondary N) is 1. The molecule has 0 aromatic heterocycles. The van der Waals surface area contributed by atoms with Crippen LogP contribution in [0.15, 0.2) is 29.2 Å². The molecule has 24 heavy (non-hydrogen) atoms. The van der Waals surface area contributed by atoms with Crippen molar-refractivity contribution < 1.29 is 19.5 Å². The van der Waals surface area contributed by atoms with Crippen LogP contribution >= 0.6 is 11.8 Å². The summed E-state index contributed by atoms with van der Waals surface area (Å²) in [5, 5.41) is 11.5. The lowest BCUT2D eigenvalue weighted by atomic mass is 10.2. The average molecular weight is 350 g/mol. The number of aliphatic carboxylic acids is 1. The van der Waals surface area contributed by atoms with Crippen molar-refractivity contribution in [3.63, 3.8) is 0 Å². The number of carbonyl (C=O) groups excluding carboxylic acids is 2. The van der Waals surface area contributed by atoms with Crippen LogP contribution in [-0.4, -0.2) is 52.7 Å². The smallest absolute Gasteiger partial charge is 0.305 e. The van der Waals surface area contributed by atoms with Crippen molar-refractivity contribution in [2.24, 2.45) is 0 Å². The SMILES string of the molecule is CC(CC(=O)O)NC(=O)c1ccccc1SCC(=O)N1CCCC1. The Labute approximate surface area is 145 Å². The van der Waals surface area contributed by atoms with Crippen molar-refractivity contribution in [2.45, 2.75) is 37.1 Å². The summed E-state index contributed by atoms with van der Waals surface area (Å²) in [5.41, 5.74) is 0.467. The molecule has 1 fully saturated rings. The first kappa shape index (κ1) is 18.3. The van der Waals surface area contributed by atoms with Crippen LogP contribution < -0.4 is 5.32 Å². The lowest BCUT2D eigenvalue weighted by Crippen LogP contribution is -2.34. The zero-order valence-electron chi connectivity index (χ0n) is 13.7. The van der Waals surface area contributed by atoms with E-state index in [2.05, 4.69) is 5.32 Å². The van der Waals surface area contributed by atoms with Gasteiger partial charge in [-0.2, -0.15) is 0 Å². The van der Waals surface area contributed by atoms with Crippen LogP contribution in [-0.2, 0) is 9.59 Å². The molecule has 1 aliphatic heterocycles. The Morgan fingerprint density at radius 3 is 2.58 bits per heavy atom. The van der Waals surface area contributed by atoms with E-state index in [1.54, 1.807) is 25.1 Å². The second kappa shape index (κ2) is 8.73. The summed E-state index contributed by atoms with van der Waals surface area (Å²) in [6.45, 7) is 3.28. The maximum absolute atomic E-state index is 12.3. The fourth-order valence-electron chi connectivity index (χ4n) is 2.59. The van der Waals surface area contributed by atoms with Gasteiger partial charge in [0.15, 0.2) is 0 Å². The highest BCUT2D eigenvalue weighted by Crippen LogP contribution is 2.24. The van der Waals surface area contributed by atoms with E-state index in [9.17, 15) is 14.4 Å². The molecule has 1 atom stereocenters. The van der Waals surface area contributed by atoms with Gasteiger partial charge in [-0.3, -0.25) is 14.4 Å². The minimum Gasteiger partial charge on any atom is -0.481 e.